The van der Waals surface area contributed by atoms with E-state index in [1.807, 2.05) is 24.3 Å². The van der Waals surface area contributed by atoms with Crippen molar-refractivity contribution in [3.05, 3.63) is 57.8 Å². The topological polar surface area (TPSA) is 89.0 Å². The number of aromatic nitrogens is 1. The van der Waals surface area contributed by atoms with Gasteiger partial charge >= 0.3 is 5.69 Å². The van der Waals surface area contributed by atoms with Crippen LogP contribution in [-0.2, 0) is 5.41 Å². The minimum Gasteiger partial charge on any atom is -0.439 e. The Bertz CT molecular complexity index is 762. The average Bonchev–Trinajstić information content (AvgIpc) is 2.55. The molecule has 1 aromatic carbocycles. The van der Waals surface area contributed by atoms with Crippen molar-refractivity contribution in [2.75, 3.05) is 0 Å². The fraction of sp³-hybridized carbons (Fsp3) is 0.294. The van der Waals surface area contributed by atoms with Crippen LogP contribution in [0.4, 0.5) is 5.69 Å². The summed E-state index contributed by atoms with van der Waals surface area (Å²) in [6.07, 6.45) is 1.02. The van der Waals surface area contributed by atoms with Crippen LogP contribution in [0.2, 0.25) is 0 Å². The van der Waals surface area contributed by atoms with E-state index in [9.17, 15) is 10.1 Å². The van der Waals surface area contributed by atoms with E-state index in [-0.39, 0.29) is 22.7 Å². The number of hydrogen-bond acceptors (Lipinski definition) is 5. The molecule has 0 radical (unpaired) electrons. The van der Waals surface area contributed by atoms with Crippen molar-refractivity contribution in [2.45, 2.75) is 32.6 Å². The van der Waals surface area contributed by atoms with Gasteiger partial charge in [-0.3, -0.25) is 10.1 Å². The summed E-state index contributed by atoms with van der Waals surface area (Å²) in [6, 6.07) is 11.9. The molecule has 0 aliphatic heterocycles. The lowest BCUT2D eigenvalue weighted by atomic mass is 9.82. The summed E-state index contributed by atoms with van der Waals surface area (Å²) in [6.45, 7) is 6.47. The Morgan fingerprint density at radius 1 is 1.26 bits per heavy atom. The van der Waals surface area contributed by atoms with Gasteiger partial charge in [-0.2, -0.15) is 10.2 Å². The first-order chi connectivity index (χ1) is 10.9. The molecular weight excluding hydrogens is 294 g/mol. The van der Waals surface area contributed by atoms with Gasteiger partial charge in [-0.1, -0.05) is 32.9 Å². The first-order valence-electron chi connectivity index (χ1n) is 7.21. The number of rotatable bonds is 5. The zero-order valence-electron chi connectivity index (χ0n) is 13.2. The zero-order valence-corrected chi connectivity index (χ0v) is 13.2. The molecule has 0 saturated heterocycles. The van der Waals surface area contributed by atoms with Crippen molar-refractivity contribution < 1.29 is 9.66 Å². The van der Waals surface area contributed by atoms with Crippen LogP contribution in [0.1, 0.15) is 38.4 Å². The molecule has 0 atom stereocenters. The maximum absolute atomic E-state index is 10.8. The quantitative estimate of drug-likeness (QED) is 0.605. The highest BCUT2D eigenvalue weighted by Gasteiger charge is 2.18. The molecule has 0 spiro atoms. The minimum atomic E-state index is -0.642. The van der Waals surface area contributed by atoms with Crippen molar-refractivity contribution in [3.8, 4) is 17.7 Å². The number of ether oxygens (including phenoxy) is 1. The van der Waals surface area contributed by atoms with Gasteiger partial charge in [0.25, 0.3) is 0 Å². The lowest BCUT2D eigenvalue weighted by Gasteiger charge is -2.23. The van der Waals surface area contributed by atoms with Gasteiger partial charge in [-0.15, -0.1) is 0 Å². The fourth-order valence-electron chi connectivity index (χ4n) is 2.02. The van der Waals surface area contributed by atoms with Gasteiger partial charge in [0.05, 0.1) is 4.92 Å². The lowest BCUT2D eigenvalue weighted by molar-refractivity contribution is -0.385. The number of hydrogen-bond donors (Lipinski definition) is 0. The van der Waals surface area contributed by atoms with Gasteiger partial charge in [-0.05, 0) is 29.5 Å². The summed E-state index contributed by atoms with van der Waals surface area (Å²) < 4.78 is 5.57. The summed E-state index contributed by atoms with van der Waals surface area (Å²) in [5.74, 6) is 0.709. The molecule has 118 valence electrons. The van der Waals surface area contributed by atoms with Crippen LogP contribution >= 0.6 is 0 Å². The highest BCUT2D eigenvalue weighted by Crippen LogP contribution is 2.29. The molecular formula is C17H17N3O3. The standard InChI is InChI=1S/C17H17N3O3/c1-4-17(2,3)12-5-7-13(8-6-12)23-16-10-9-15(20(21)22)14(11-18)19-16/h5-10H,4H2,1-3H3. The first kappa shape index (κ1) is 16.4. The Kier molecular flexibility index (Phi) is 4.60. The predicted molar refractivity (Wildman–Crippen MR) is 85.4 cm³/mol. The van der Waals surface area contributed by atoms with E-state index in [2.05, 4.69) is 25.8 Å². The number of nitrogens with zero attached hydrogens (tertiary/aromatic N) is 3. The second-order valence-corrected chi connectivity index (χ2v) is 5.75. The molecule has 0 aliphatic carbocycles. The molecule has 0 fully saturated rings. The molecule has 0 N–H and O–H groups in total. The van der Waals surface area contributed by atoms with Crippen molar-refractivity contribution in [2.24, 2.45) is 0 Å². The summed E-state index contributed by atoms with van der Waals surface area (Å²) >= 11 is 0. The molecule has 23 heavy (non-hydrogen) atoms. The molecule has 2 aromatic rings. The normalized spacial score (nSPS) is 10.9. The van der Waals surface area contributed by atoms with Crippen LogP contribution in [0.25, 0.3) is 0 Å². The Morgan fingerprint density at radius 2 is 1.91 bits per heavy atom. The van der Waals surface area contributed by atoms with Crippen LogP contribution in [0.15, 0.2) is 36.4 Å². The van der Waals surface area contributed by atoms with Gasteiger partial charge in [0, 0.05) is 12.1 Å². The maximum atomic E-state index is 10.8. The number of nitriles is 1. The van der Waals surface area contributed by atoms with Gasteiger partial charge in [0.15, 0.2) is 0 Å². The van der Waals surface area contributed by atoms with Gasteiger partial charge in [-0.25, -0.2) is 0 Å². The number of benzene rings is 1. The van der Waals surface area contributed by atoms with E-state index in [1.54, 1.807) is 6.07 Å². The number of pyridine rings is 1. The highest BCUT2D eigenvalue weighted by atomic mass is 16.6. The third kappa shape index (κ3) is 3.64. The summed E-state index contributed by atoms with van der Waals surface area (Å²) in [5, 5.41) is 19.7. The summed E-state index contributed by atoms with van der Waals surface area (Å²) in [5.41, 5.74) is 0.677. The molecule has 2 rings (SSSR count). The molecule has 6 heteroatoms. The third-order valence-corrected chi connectivity index (χ3v) is 3.89. The van der Waals surface area contributed by atoms with E-state index >= 15 is 0 Å². The Morgan fingerprint density at radius 3 is 2.43 bits per heavy atom. The van der Waals surface area contributed by atoms with E-state index in [0.29, 0.717) is 5.75 Å². The molecule has 0 bridgehead atoms. The fourth-order valence-corrected chi connectivity index (χ4v) is 2.02. The first-order valence-corrected chi connectivity index (χ1v) is 7.21. The van der Waals surface area contributed by atoms with Crippen molar-refractivity contribution >= 4 is 5.69 Å². The van der Waals surface area contributed by atoms with Gasteiger partial charge in [0.1, 0.15) is 11.8 Å². The molecule has 1 aromatic heterocycles. The van der Waals surface area contributed by atoms with Crippen LogP contribution in [-0.4, -0.2) is 9.91 Å². The van der Waals surface area contributed by atoms with E-state index < -0.39 is 4.92 Å². The molecule has 0 aliphatic rings. The van der Waals surface area contributed by atoms with Crippen LogP contribution in [0, 0.1) is 21.4 Å². The third-order valence-electron chi connectivity index (χ3n) is 3.89. The van der Waals surface area contributed by atoms with Crippen LogP contribution in [0.5, 0.6) is 11.6 Å². The Hall–Kier alpha value is -2.94. The minimum absolute atomic E-state index is 0.0815. The SMILES string of the molecule is CCC(C)(C)c1ccc(Oc2ccc([N+](=O)[O-])c(C#N)n2)cc1. The van der Waals surface area contributed by atoms with Crippen molar-refractivity contribution in [1.82, 2.24) is 4.98 Å². The van der Waals surface area contributed by atoms with E-state index in [4.69, 9.17) is 10.00 Å². The van der Waals surface area contributed by atoms with E-state index in [0.717, 1.165) is 6.42 Å². The molecule has 1 heterocycles. The molecule has 6 nitrogen and oxygen atoms in total. The summed E-state index contributed by atoms with van der Waals surface area (Å²) in [7, 11) is 0. The van der Waals surface area contributed by atoms with Crippen molar-refractivity contribution in [1.29, 1.82) is 5.26 Å². The highest BCUT2D eigenvalue weighted by molar-refractivity contribution is 5.46. The van der Waals surface area contributed by atoms with Crippen LogP contribution in [0.3, 0.4) is 0 Å². The lowest BCUT2D eigenvalue weighted by Crippen LogP contribution is -2.14. The maximum Gasteiger partial charge on any atom is 0.305 e. The summed E-state index contributed by atoms with van der Waals surface area (Å²) in [4.78, 5) is 14.0. The largest absolute Gasteiger partial charge is 0.439 e. The average molecular weight is 311 g/mol. The van der Waals surface area contributed by atoms with Crippen LogP contribution < -0.4 is 4.74 Å². The molecule has 0 unspecified atom stereocenters. The van der Waals surface area contributed by atoms with E-state index in [1.165, 1.54) is 17.7 Å². The Balaban J connectivity index is 2.23. The van der Waals surface area contributed by atoms with Crippen molar-refractivity contribution in [3.63, 3.8) is 0 Å². The zero-order chi connectivity index (χ0) is 17.0. The molecule has 0 amide bonds. The molecule has 0 saturated carbocycles. The number of nitro groups is 1. The second kappa shape index (κ2) is 6.44. The smallest absolute Gasteiger partial charge is 0.305 e. The predicted octanol–water partition coefficient (Wildman–Crippen LogP) is 4.34. The monoisotopic (exact) mass is 311 g/mol. The Labute approximate surface area is 134 Å². The van der Waals surface area contributed by atoms with Gasteiger partial charge in [0.2, 0.25) is 11.6 Å². The second-order valence-electron chi connectivity index (χ2n) is 5.75. The van der Waals surface area contributed by atoms with Gasteiger partial charge < -0.3 is 4.74 Å².